The summed E-state index contributed by atoms with van der Waals surface area (Å²) in [5.41, 5.74) is 8.45. The van der Waals surface area contributed by atoms with E-state index in [0.29, 0.717) is 36.4 Å². The second kappa shape index (κ2) is 9.14. The van der Waals surface area contributed by atoms with E-state index in [2.05, 4.69) is 5.32 Å². The highest BCUT2D eigenvalue weighted by atomic mass is 16.5. The van der Waals surface area contributed by atoms with Crippen LogP contribution in [0.3, 0.4) is 0 Å². The van der Waals surface area contributed by atoms with Crippen LogP contribution in [0, 0.1) is 0 Å². The third kappa shape index (κ3) is 4.68. The Bertz CT molecular complexity index is 854. The summed E-state index contributed by atoms with van der Waals surface area (Å²) >= 11 is 0. The molecule has 1 aliphatic heterocycles. The van der Waals surface area contributed by atoms with E-state index >= 15 is 0 Å². The lowest BCUT2D eigenvalue weighted by molar-refractivity contribution is 0.0971. The van der Waals surface area contributed by atoms with Crippen molar-refractivity contribution in [2.45, 2.75) is 32.1 Å². The van der Waals surface area contributed by atoms with Gasteiger partial charge in [0, 0.05) is 37.4 Å². The number of rotatable bonds is 8. The monoisotopic (exact) mass is 380 g/mol. The first-order valence-corrected chi connectivity index (χ1v) is 9.50. The maximum absolute atomic E-state index is 12.7. The second-order valence-electron chi connectivity index (χ2n) is 7.11. The first kappa shape index (κ1) is 20.3. The van der Waals surface area contributed by atoms with E-state index in [1.54, 1.807) is 24.3 Å². The average molecular weight is 380 g/mol. The minimum Gasteiger partial charge on any atom is -0.535 e. The van der Waals surface area contributed by atoms with E-state index in [1.165, 1.54) is 6.92 Å². The molecule has 0 bridgehead atoms. The molecule has 2 aromatic rings. The molecule has 0 aliphatic carbocycles. The number of hydrogen-bond acceptors (Lipinski definition) is 6. The van der Waals surface area contributed by atoms with Crippen LogP contribution >= 0.6 is 0 Å². The van der Waals surface area contributed by atoms with Crippen LogP contribution in [0.15, 0.2) is 42.5 Å². The Morgan fingerprint density at radius 2 is 2.00 bits per heavy atom. The summed E-state index contributed by atoms with van der Waals surface area (Å²) < 4.78 is 5.61. The number of benzene rings is 2. The van der Waals surface area contributed by atoms with Crippen molar-refractivity contribution >= 4 is 18.7 Å². The van der Waals surface area contributed by atoms with E-state index < -0.39 is 7.12 Å². The number of nitrogens with two attached hydrogens (primary N) is 1. The molecule has 4 N–H and O–H groups in total. The van der Waals surface area contributed by atoms with Crippen molar-refractivity contribution in [3.8, 4) is 5.75 Å². The minimum absolute atomic E-state index is 0.0414. The molecule has 0 amide bonds. The number of para-hydroxylation sites is 1. The lowest BCUT2D eigenvalue weighted by Gasteiger charge is -2.28. The van der Waals surface area contributed by atoms with E-state index in [-0.39, 0.29) is 23.8 Å². The van der Waals surface area contributed by atoms with E-state index in [9.17, 15) is 14.6 Å². The molecule has 0 unspecified atom stereocenters. The highest BCUT2D eigenvalue weighted by Gasteiger charge is 2.37. The van der Waals surface area contributed by atoms with Crippen LogP contribution in [0.2, 0.25) is 5.82 Å². The van der Waals surface area contributed by atoms with Crippen molar-refractivity contribution in [2.24, 2.45) is 5.73 Å². The fraction of sp³-hybridized carbons (Fsp3) is 0.333. The first-order chi connectivity index (χ1) is 13.5. The number of Topliss-reactive ketones (excluding diaryl/α,β-unsaturated/α-hetero) is 2. The fourth-order valence-electron chi connectivity index (χ4n) is 3.43. The van der Waals surface area contributed by atoms with Crippen molar-refractivity contribution in [2.75, 3.05) is 13.1 Å². The van der Waals surface area contributed by atoms with Gasteiger partial charge in [-0.2, -0.15) is 0 Å². The lowest BCUT2D eigenvalue weighted by atomic mass is 9.64. The van der Waals surface area contributed by atoms with Gasteiger partial charge in [0.1, 0.15) is 5.75 Å². The fourth-order valence-corrected chi connectivity index (χ4v) is 3.43. The van der Waals surface area contributed by atoms with Gasteiger partial charge in [0.2, 0.25) is 0 Å². The molecule has 1 heterocycles. The van der Waals surface area contributed by atoms with Crippen molar-refractivity contribution < 1.29 is 19.3 Å². The summed E-state index contributed by atoms with van der Waals surface area (Å²) in [5, 5.41) is 13.6. The zero-order chi connectivity index (χ0) is 20.1. The molecule has 0 radical (unpaired) electrons. The Morgan fingerprint density at radius 3 is 2.68 bits per heavy atom. The van der Waals surface area contributed by atoms with E-state index in [4.69, 9.17) is 10.4 Å². The Hall–Kier alpha value is -2.48. The quantitative estimate of drug-likeness (QED) is 0.368. The van der Waals surface area contributed by atoms with Crippen LogP contribution in [-0.4, -0.2) is 36.8 Å². The molecule has 7 heteroatoms. The van der Waals surface area contributed by atoms with E-state index in [1.807, 2.05) is 18.2 Å². The molecule has 6 nitrogen and oxygen atoms in total. The number of carbonyl (C=O) groups excluding carboxylic acids is 2. The topological polar surface area (TPSA) is 102 Å². The zero-order valence-corrected chi connectivity index (χ0v) is 16.0. The lowest BCUT2D eigenvalue weighted by Crippen LogP contribution is -2.35. The zero-order valence-electron chi connectivity index (χ0n) is 16.0. The van der Waals surface area contributed by atoms with Crippen molar-refractivity contribution in [1.29, 1.82) is 0 Å². The summed E-state index contributed by atoms with van der Waals surface area (Å²) in [6, 6.07) is 12.8. The summed E-state index contributed by atoms with van der Waals surface area (Å²) in [6.45, 7) is 3.50. The van der Waals surface area contributed by atoms with Gasteiger partial charge in [-0.1, -0.05) is 36.4 Å². The number of nitrogens with one attached hydrogen (secondary N) is 1. The van der Waals surface area contributed by atoms with Crippen LogP contribution in [-0.2, 0) is 13.0 Å². The Labute approximate surface area is 165 Å². The molecule has 0 spiro atoms. The van der Waals surface area contributed by atoms with Gasteiger partial charge in [-0.05, 0) is 30.5 Å². The SMILES string of the molecule is CC(=O)c1cccc2c1OB(O)[C@@H](CC(=O)c1ccc(CNCCN)cc1)C2. The predicted octanol–water partition coefficient (Wildman–Crippen LogP) is 2.00. The molecule has 0 aromatic heterocycles. The Kier molecular flexibility index (Phi) is 6.62. The van der Waals surface area contributed by atoms with Gasteiger partial charge in [0.05, 0.1) is 5.56 Å². The van der Waals surface area contributed by atoms with Gasteiger partial charge >= 0.3 is 7.12 Å². The van der Waals surface area contributed by atoms with E-state index in [0.717, 1.165) is 17.7 Å². The molecule has 1 atom stereocenters. The predicted molar refractivity (Wildman–Crippen MR) is 109 cm³/mol. The van der Waals surface area contributed by atoms with Crippen LogP contribution in [0.1, 0.15) is 45.2 Å². The smallest absolute Gasteiger partial charge is 0.526 e. The Morgan fingerprint density at radius 1 is 1.25 bits per heavy atom. The molecule has 0 fully saturated rings. The van der Waals surface area contributed by atoms with Crippen molar-refractivity contribution in [3.05, 3.63) is 64.7 Å². The van der Waals surface area contributed by atoms with Gasteiger partial charge in [0.25, 0.3) is 0 Å². The number of fused-ring (bicyclic) bond motifs is 1. The summed E-state index contributed by atoms with van der Waals surface area (Å²) in [5.74, 6) is -0.0754. The maximum Gasteiger partial charge on any atom is 0.526 e. The Balaban J connectivity index is 1.66. The standard InChI is InChI=1S/C21H25BN2O4/c1-14(25)19-4-2-3-17-11-18(22(27)28-21(17)19)12-20(26)16-7-5-15(6-8-16)13-24-10-9-23/h2-8,18,24,27H,9-13,23H2,1H3/t18-/m1/s1. The third-order valence-corrected chi connectivity index (χ3v) is 4.97. The average Bonchev–Trinajstić information content (AvgIpc) is 2.68. The largest absolute Gasteiger partial charge is 0.535 e. The molecular weight excluding hydrogens is 355 g/mol. The van der Waals surface area contributed by atoms with Crippen LogP contribution in [0.5, 0.6) is 5.75 Å². The van der Waals surface area contributed by atoms with Crippen LogP contribution < -0.4 is 15.7 Å². The number of carbonyl (C=O) groups is 2. The maximum atomic E-state index is 12.7. The van der Waals surface area contributed by atoms with Crippen LogP contribution in [0.4, 0.5) is 0 Å². The molecular formula is C21H25BN2O4. The molecule has 2 aromatic carbocycles. The van der Waals surface area contributed by atoms with Gasteiger partial charge < -0.3 is 20.7 Å². The van der Waals surface area contributed by atoms with Crippen molar-refractivity contribution in [3.63, 3.8) is 0 Å². The second-order valence-corrected chi connectivity index (χ2v) is 7.11. The highest BCUT2D eigenvalue weighted by molar-refractivity contribution is 6.47. The normalized spacial score (nSPS) is 15.7. The molecule has 3 rings (SSSR count). The first-order valence-electron chi connectivity index (χ1n) is 9.50. The summed E-state index contributed by atoms with van der Waals surface area (Å²) in [7, 11) is -1.11. The highest BCUT2D eigenvalue weighted by Crippen LogP contribution is 2.36. The molecule has 1 aliphatic rings. The van der Waals surface area contributed by atoms with Crippen molar-refractivity contribution in [1.82, 2.24) is 5.32 Å². The molecule has 0 saturated carbocycles. The van der Waals surface area contributed by atoms with Gasteiger partial charge in [-0.25, -0.2) is 0 Å². The van der Waals surface area contributed by atoms with Crippen LogP contribution in [0.25, 0.3) is 0 Å². The molecule has 0 saturated heterocycles. The molecule has 28 heavy (non-hydrogen) atoms. The van der Waals surface area contributed by atoms with Gasteiger partial charge in [-0.3, -0.25) is 9.59 Å². The molecule has 146 valence electrons. The number of ketones is 2. The summed E-state index contributed by atoms with van der Waals surface area (Å²) in [6.07, 6.45) is 0.667. The third-order valence-electron chi connectivity index (χ3n) is 4.97. The number of hydrogen-bond donors (Lipinski definition) is 3. The minimum atomic E-state index is -1.11. The van der Waals surface area contributed by atoms with Gasteiger partial charge in [0.15, 0.2) is 11.6 Å². The summed E-state index contributed by atoms with van der Waals surface area (Å²) in [4.78, 5) is 24.4. The van der Waals surface area contributed by atoms with Gasteiger partial charge in [-0.15, -0.1) is 0 Å².